The molecule has 1 aromatic carbocycles. The Morgan fingerprint density at radius 3 is 1.92 bits per heavy atom. The average Bonchev–Trinajstić information content (AvgIpc) is 2.81. The number of hydrogen-bond donors (Lipinski definition) is 0. The minimum Gasteiger partial charge on any atom is -0.493 e. The van der Waals surface area contributed by atoms with Gasteiger partial charge in [-0.25, -0.2) is 4.98 Å². The topological polar surface area (TPSA) is 56.7 Å². The van der Waals surface area contributed by atoms with E-state index < -0.39 is 0 Å². The highest BCUT2D eigenvalue weighted by Gasteiger charge is 2.19. The Balaban J connectivity index is 1.86. The molecule has 0 N–H and O–H groups in total. The van der Waals surface area contributed by atoms with Crippen LogP contribution in [-0.2, 0) is 12.8 Å². The summed E-state index contributed by atoms with van der Waals surface area (Å²) in [6, 6.07) is 6.59. The molecule has 6 nitrogen and oxygen atoms in total. The lowest BCUT2D eigenvalue weighted by atomic mass is 10.0. The van der Waals surface area contributed by atoms with Gasteiger partial charge in [-0.3, -0.25) is 0 Å². The van der Waals surface area contributed by atoms with Crippen LogP contribution in [-0.4, -0.2) is 44.4 Å². The summed E-state index contributed by atoms with van der Waals surface area (Å²) in [5.74, 6) is 2.47. The number of ether oxygens (including phenoxy) is 3. The second-order valence-electron chi connectivity index (χ2n) is 5.82. The molecule has 0 saturated heterocycles. The van der Waals surface area contributed by atoms with Gasteiger partial charge in [-0.2, -0.15) is 4.98 Å². The molecule has 0 bridgehead atoms. The van der Waals surface area contributed by atoms with E-state index in [9.17, 15) is 0 Å². The van der Waals surface area contributed by atoms with Gasteiger partial charge in [-0.1, -0.05) is 0 Å². The van der Waals surface area contributed by atoms with Gasteiger partial charge in [0.15, 0.2) is 11.5 Å². The molecular formula is C18H23N3O3. The highest BCUT2D eigenvalue weighted by molar-refractivity contribution is 5.50. The average molecular weight is 329 g/mol. The summed E-state index contributed by atoms with van der Waals surface area (Å²) >= 11 is 0. The van der Waals surface area contributed by atoms with E-state index >= 15 is 0 Å². The van der Waals surface area contributed by atoms with E-state index in [-0.39, 0.29) is 0 Å². The molecule has 0 spiro atoms. The van der Waals surface area contributed by atoms with Crippen LogP contribution in [0.25, 0.3) is 0 Å². The lowest BCUT2D eigenvalue weighted by Gasteiger charge is -2.21. The predicted molar refractivity (Wildman–Crippen MR) is 92.5 cm³/mol. The van der Waals surface area contributed by atoms with Crippen LogP contribution in [0, 0.1) is 6.92 Å². The minimum atomic E-state index is 0.412. The van der Waals surface area contributed by atoms with E-state index in [1.54, 1.807) is 21.3 Å². The van der Waals surface area contributed by atoms with E-state index in [1.807, 2.05) is 13.0 Å². The first-order valence-electron chi connectivity index (χ1n) is 8.03. The Bertz CT molecular complexity index is 699. The number of hydrogen-bond acceptors (Lipinski definition) is 6. The predicted octanol–water partition coefficient (Wildman–Crippen LogP) is 2.42. The number of benzene rings is 1. The van der Waals surface area contributed by atoms with Crippen LogP contribution < -0.4 is 19.1 Å². The van der Waals surface area contributed by atoms with Gasteiger partial charge in [0.2, 0.25) is 0 Å². The van der Waals surface area contributed by atoms with Crippen LogP contribution >= 0.6 is 0 Å². The van der Waals surface area contributed by atoms with Gasteiger partial charge in [-0.05, 0) is 43.0 Å². The Labute approximate surface area is 142 Å². The van der Waals surface area contributed by atoms with Crippen molar-refractivity contribution >= 4 is 5.82 Å². The zero-order chi connectivity index (χ0) is 17.1. The number of aryl methyl sites for hydroxylation is 1. The summed E-state index contributed by atoms with van der Waals surface area (Å²) in [4.78, 5) is 11.0. The smallest absolute Gasteiger partial charge is 0.318 e. The summed E-state index contributed by atoms with van der Waals surface area (Å²) in [7, 11) is 4.93. The van der Waals surface area contributed by atoms with Gasteiger partial charge in [0, 0.05) is 24.8 Å². The largest absolute Gasteiger partial charge is 0.493 e. The quantitative estimate of drug-likeness (QED) is 0.859. The number of methoxy groups -OCH3 is 3. The number of aromatic nitrogens is 2. The van der Waals surface area contributed by atoms with Crippen molar-refractivity contribution in [2.45, 2.75) is 19.8 Å². The first-order valence-corrected chi connectivity index (χ1v) is 8.03. The fraction of sp³-hybridized carbons (Fsp3) is 0.444. The number of anilines is 1. The van der Waals surface area contributed by atoms with E-state index in [0.717, 1.165) is 48.9 Å². The molecule has 24 heavy (non-hydrogen) atoms. The molecule has 0 aliphatic carbocycles. The molecule has 0 fully saturated rings. The van der Waals surface area contributed by atoms with E-state index in [4.69, 9.17) is 14.2 Å². The Morgan fingerprint density at radius 1 is 0.833 bits per heavy atom. The van der Waals surface area contributed by atoms with Crippen LogP contribution in [0.4, 0.5) is 5.82 Å². The highest BCUT2D eigenvalue weighted by atomic mass is 16.5. The van der Waals surface area contributed by atoms with Crippen molar-refractivity contribution in [3.05, 3.63) is 35.0 Å². The summed E-state index contributed by atoms with van der Waals surface area (Å²) < 4.78 is 16.0. The molecule has 0 unspecified atom stereocenters. The molecule has 3 rings (SSSR count). The molecule has 128 valence electrons. The van der Waals surface area contributed by atoms with Crippen molar-refractivity contribution in [3.8, 4) is 17.5 Å². The van der Waals surface area contributed by atoms with Crippen molar-refractivity contribution in [3.63, 3.8) is 0 Å². The number of nitrogens with zero attached hydrogens (tertiary/aromatic N) is 3. The van der Waals surface area contributed by atoms with E-state index in [0.29, 0.717) is 6.01 Å². The number of rotatable bonds is 4. The van der Waals surface area contributed by atoms with Gasteiger partial charge in [0.25, 0.3) is 0 Å². The maximum absolute atomic E-state index is 5.42. The first kappa shape index (κ1) is 16.4. The third-order valence-electron chi connectivity index (χ3n) is 4.33. The fourth-order valence-electron chi connectivity index (χ4n) is 3.06. The van der Waals surface area contributed by atoms with E-state index in [2.05, 4.69) is 27.0 Å². The maximum Gasteiger partial charge on any atom is 0.318 e. The normalized spacial score (nSPS) is 13.9. The minimum absolute atomic E-state index is 0.412. The van der Waals surface area contributed by atoms with Gasteiger partial charge < -0.3 is 19.1 Å². The molecule has 0 amide bonds. The second-order valence-corrected chi connectivity index (χ2v) is 5.82. The van der Waals surface area contributed by atoms with E-state index in [1.165, 1.54) is 11.1 Å². The van der Waals surface area contributed by atoms with Crippen molar-refractivity contribution in [1.82, 2.24) is 9.97 Å². The summed E-state index contributed by atoms with van der Waals surface area (Å²) in [6.07, 6.45) is 1.86. The molecule has 2 heterocycles. The van der Waals surface area contributed by atoms with Gasteiger partial charge >= 0.3 is 6.01 Å². The molecule has 1 aliphatic rings. The lowest BCUT2D eigenvalue weighted by molar-refractivity contribution is 0.354. The molecule has 0 saturated carbocycles. The van der Waals surface area contributed by atoms with Crippen LogP contribution in [0.15, 0.2) is 18.2 Å². The van der Waals surface area contributed by atoms with Crippen LogP contribution in [0.1, 0.15) is 16.8 Å². The molecular weight excluding hydrogens is 306 g/mol. The van der Waals surface area contributed by atoms with Crippen molar-refractivity contribution < 1.29 is 14.2 Å². The molecule has 2 aromatic rings. The Hall–Kier alpha value is -2.50. The van der Waals surface area contributed by atoms with Gasteiger partial charge in [0.1, 0.15) is 5.82 Å². The van der Waals surface area contributed by atoms with Crippen molar-refractivity contribution in [1.29, 1.82) is 0 Å². The van der Waals surface area contributed by atoms with Crippen LogP contribution in [0.5, 0.6) is 17.5 Å². The molecule has 0 radical (unpaired) electrons. The molecule has 1 aromatic heterocycles. The monoisotopic (exact) mass is 329 g/mol. The number of fused-ring (bicyclic) bond motifs is 1. The summed E-state index contributed by atoms with van der Waals surface area (Å²) in [5.41, 5.74) is 3.50. The van der Waals surface area contributed by atoms with Crippen molar-refractivity contribution in [2.24, 2.45) is 0 Å². The lowest BCUT2D eigenvalue weighted by Crippen LogP contribution is -2.27. The maximum atomic E-state index is 5.42. The molecule has 1 aliphatic heterocycles. The molecule has 0 atom stereocenters. The summed E-state index contributed by atoms with van der Waals surface area (Å²) in [5, 5.41) is 0. The second kappa shape index (κ2) is 6.95. The zero-order valence-electron chi connectivity index (χ0n) is 14.6. The molecule has 6 heteroatoms. The highest BCUT2D eigenvalue weighted by Crippen LogP contribution is 2.32. The third kappa shape index (κ3) is 3.22. The van der Waals surface area contributed by atoms with Crippen molar-refractivity contribution in [2.75, 3.05) is 39.3 Å². The SMILES string of the molecule is COc1nc(C)cc(N2CCc3cc(OC)c(OC)cc3CC2)n1. The fourth-order valence-corrected chi connectivity index (χ4v) is 3.06. The summed E-state index contributed by atoms with van der Waals surface area (Å²) in [6.45, 7) is 3.74. The zero-order valence-corrected chi connectivity index (χ0v) is 14.6. The van der Waals surface area contributed by atoms with Crippen LogP contribution in [0.3, 0.4) is 0 Å². The third-order valence-corrected chi connectivity index (χ3v) is 4.33. The van der Waals surface area contributed by atoms with Gasteiger partial charge in [-0.15, -0.1) is 0 Å². The Kier molecular flexibility index (Phi) is 4.74. The van der Waals surface area contributed by atoms with Crippen LogP contribution in [0.2, 0.25) is 0 Å². The standard InChI is InChI=1S/C18H23N3O3/c1-12-9-17(20-18(19-12)24-4)21-7-5-13-10-15(22-2)16(23-3)11-14(13)6-8-21/h9-11H,5-8H2,1-4H3. The van der Waals surface area contributed by atoms with Gasteiger partial charge in [0.05, 0.1) is 21.3 Å². The first-order chi connectivity index (χ1) is 11.6. The Morgan fingerprint density at radius 2 is 1.42 bits per heavy atom.